The summed E-state index contributed by atoms with van der Waals surface area (Å²) in [6.07, 6.45) is 0.603. The minimum Gasteiger partial charge on any atom is -0.390 e. The fraction of sp³-hybridized carbons (Fsp3) is 0.273. The standard InChI is InChI=1S/C22H26N4O5/c23-17(11-15-7-3-1-4-8-15)21(29)25-13-19(27)31-20(28)14-26-22(30)18(24)12-16-9-5-2-6-10-16/h1-10,17-18H,11-14,23-24H2,(H,25,29)(H,26,30)/t17-,18-/m0/s1. The molecule has 6 N–H and O–H groups in total. The number of ether oxygens (including phenoxy) is 1. The third kappa shape index (κ3) is 8.77. The summed E-state index contributed by atoms with van der Waals surface area (Å²) in [4.78, 5) is 47.4. The second-order valence-corrected chi connectivity index (χ2v) is 6.87. The van der Waals surface area contributed by atoms with Crippen molar-refractivity contribution in [2.24, 2.45) is 11.5 Å². The van der Waals surface area contributed by atoms with Crippen LogP contribution in [-0.4, -0.2) is 48.9 Å². The van der Waals surface area contributed by atoms with Gasteiger partial charge in [-0.15, -0.1) is 0 Å². The molecule has 2 aromatic rings. The zero-order valence-corrected chi connectivity index (χ0v) is 17.0. The van der Waals surface area contributed by atoms with E-state index in [4.69, 9.17) is 11.5 Å². The topological polar surface area (TPSA) is 154 Å². The van der Waals surface area contributed by atoms with E-state index in [1.807, 2.05) is 60.7 Å². The summed E-state index contributed by atoms with van der Waals surface area (Å²) in [6.45, 7) is -1.04. The Morgan fingerprint density at radius 1 is 0.677 bits per heavy atom. The maximum Gasteiger partial charge on any atom is 0.333 e. The van der Waals surface area contributed by atoms with Crippen molar-refractivity contribution in [2.45, 2.75) is 24.9 Å². The van der Waals surface area contributed by atoms with E-state index in [1.165, 1.54) is 0 Å². The van der Waals surface area contributed by atoms with Gasteiger partial charge < -0.3 is 26.8 Å². The number of rotatable bonds is 10. The Kier molecular flexibility index (Phi) is 9.34. The molecule has 2 rings (SSSR count). The normalized spacial score (nSPS) is 12.3. The van der Waals surface area contributed by atoms with Crippen LogP contribution in [0, 0.1) is 0 Å². The maximum atomic E-state index is 12.0. The van der Waals surface area contributed by atoms with Crippen LogP contribution in [0.3, 0.4) is 0 Å². The van der Waals surface area contributed by atoms with Crippen LogP contribution < -0.4 is 22.1 Å². The van der Waals surface area contributed by atoms with Crippen molar-refractivity contribution in [1.82, 2.24) is 10.6 Å². The Morgan fingerprint density at radius 3 is 1.39 bits per heavy atom. The molecule has 0 aromatic heterocycles. The van der Waals surface area contributed by atoms with Crippen molar-refractivity contribution in [3.05, 3.63) is 71.8 Å². The molecule has 0 saturated heterocycles. The molecule has 9 heteroatoms. The van der Waals surface area contributed by atoms with Crippen LogP contribution in [0.2, 0.25) is 0 Å². The van der Waals surface area contributed by atoms with Gasteiger partial charge in [0.1, 0.15) is 13.1 Å². The first-order chi connectivity index (χ1) is 14.8. The average molecular weight is 426 g/mol. The van der Waals surface area contributed by atoms with Crippen molar-refractivity contribution >= 4 is 23.8 Å². The van der Waals surface area contributed by atoms with E-state index in [0.717, 1.165) is 11.1 Å². The molecular formula is C22H26N4O5. The van der Waals surface area contributed by atoms with Crippen LogP contribution in [0.25, 0.3) is 0 Å². The SMILES string of the molecule is N[C@@H](Cc1ccccc1)C(=O)NCC(=O)OC(=O)CNC(=O)[C@@H](N)Cc1ccccc1. The number of nitrogens with one attached hydrogen (secondary N) is 2. The zero-order chi connectivity index (χ0) is 22.6. The predicted octanol–water partition coefficient (Wildman–Crippen LogP) is -0.571. The maximum absolute atomic E-state index is 12.0. The van der Waals surface area contributed by atoms with Gasteiger partial charge in [-0.05, 0) is 24.0 Å². The number of hydrogen-bond donors (Lipinski definition) is 4. The first kappa shape index (κ1) is 23.7. The Labute approximate surface area is 180 Å². The van der Waals surface area contributed by atoms with E-state index in [9.17, 15) is 19.2 Å². The van der Waals surface area contributed by atoms with Gasteiger partial charge in [0.15, 0.2) is 0 Å². The summed E-state index contributed by atoms with van der Waals surface area (Å²) in [7, 11) is 0. The lowest BCUT2D eigenvalue weighted by Crippen LogP contribution is -2.45. The number of esters is 2. The molecule has 0 unspecified atom stereocenters. The monoisotopic (exact) mass is 426 g/mol. The summed E-state index contributed by atoms with van der Waals surface area (Å²) in [6, 6.07) is 16.6. The molecule has 2 aromatic carbocycles. The molecule has 164 valence electrons. The minimum absolute atomic E-state index is 0.302. The van der Waals surface area contributed by atoms with Crippen molar-refractivity contribution < 1.29 is 23.9 Å². The van der Waals surface area contributed by atoms with Crippen LogP contribution >= 0.6 is 0 Å². The van der Waals surface area contributed by atoms with Crippen LogP contribution in [0.5, 0.6) is 0 Å². The highest BCUT2D eigenvalue weighted by Crippen LogP contribution is 2.02. The molecule has 0 aliphatic heterocycles. The minimum atomic E-state index is -0.965. The van der Waals surface area contributed by atoms with Gasteiger partial charge in [-0.1, -0.05) is 60.7 Å². The van der Waals surface area contributed by atoms with E-state index >= 15 is 0 Å². The van der Waals surface area contributed by atoms with Crippen LogP contribution in [0.4, 0.5) is 0 Å². The second-order valence-electron chi connectivity index (χ2n) is 6.87. The lowest BCUT2D eigenvalue weighted by molar-refractivity contribution is -0.159. The Hall–Kier alpha value is -3.56. The second kappa shape index (κ2) is 12.2. The third-order valence-corrected chi connectivity index (χ3v) is 4.31. The van der Waals surface area contributed by atoms with Crippen LogP contribution in [0.15, 0.2) is 60.7 Å². The molecule has 0 saturated carbocycles. The lowest BCUT2D eigenvalue weighted by Gasteiger charge is -2.13. The highest BCUT2D eigenvalue weighted by atomic mass is 16.6. The van der Waals surface area contributed by atoms with E-state index in [0.29, 0.717) is 12.8 Å². The molecule has 2 atom stereocenters. The van der Waals surface area contributed by atoms with Gasteiger partial charge in [0, 0.05) is 0 Å². The molecule has 2 amide bonds. The lowest BCUT2D eigenvalue weighted by atomic mass is 10.1. The van der Waals surface area contributed by atoms with E-state index in [2.05, 4.69) is 15.4 Å². The van der Waals surface area contributed by atoms with E-state index < -0.39 is 48.9 Å². The Morgan fingerprint density at radius 2 is 1.03 bits per heavy atom. The molecule has 0 bridgehead atoms. The average Bonchev–Trinajstić information content (AvgIpc) is 2.77. The van der Waals surface area contributed by atoms with E-state index in [-0.39, 0.29) is 0 Å². The highest BCUT2D eigenvalue weighted by Gasteiger charge is 2.19. The number of benzene rings is 2. The highest BCUT2D eigenvalue weighted by molar-refractivity contribution is 5.92. The molecule has 0 radical (unpaired) electrons. The molecular weight excluding hydrogens is 400 g/mol. The number of amides is 2. The summed E-state index contributed by atoms with van der Waals surface area (Å²) < 4.78 is 4.56. The predicted molar refractivity (Wildman–Crippen MR) is 113 cm³/mol. The number of carbonyl (C=O) groups is 4. The van der Waals surface area contributed by atoms with Gasteiger partial charge in [0.25, 0.3) is 0 Å². The number of hydrogen-bond acceptors (Lipinski definition) is 7. The first-order valence-corrected chi connectivity index (χ1v) is 9.73. The summed E-state index contributed by atoms with van der Waals surface area (Å²) in [5.74, 6) is -3.02. The van der Waals surface area contributed by atoms with Gasteiger partial charge in [-0.3, -0.25) is 9.59 Å². The van der Waals surface area contributed by atoms with Gasteiger partial charge in [0.05, 0.1) is 12.1 Å². The van der Waals surface area contributed by atoms with Gasteiger partial charge in [0.2, 0.25) is 11.8 Å². The molecule has 0 heterocycles. The third-order valence-electron chi connectivity index (χ3n) is 4.31. The van der Waals surface area contributed by atoms with Crippen molar-refractivity contribution in [1.29, 1.82) is 0 Å². The number of carbonyl (C=O) groups excluding carboxylic acids is 4. The molecule has 0 aliphatic carbocycles. The van der Waals surface area contributed by atoms with Gasteiger partial charge in [-0.2, -0.15) is 0 Å². The molecule has 0 aliphatic rings. The summed E-state index contributed by atoms with van der Waals surface area (Å²) in [5.41, 5.74) is 13.4. The van der Waals surface area contributed by atoms with Gasteiger partial charge in [-0.25, -0.2) is 9.59 Å². The van der Waals surface area contributed by atoms with Crippen molar-refractivity contribution in [2.75, 3.05) is 13.1 Å². The number of nitrogens with two attached hydrogens (primary N) is 2. The fourth-order valence-electron chi connectivity index (χ4n) is 2.70. The zero-order valence-electron chi connectivity index (χ0n) is 17.0. The van der Waals surface area contributed by atoms with E-state index in [1.54, 1.807) is 0 Å². The fourth-order valence-corrected chi connectivity index (χ4v) is 2.70. The molecule has 0 fully saturated rings. The Bertz CT molecular complexity index is 816. The quantitative estimate of drug-likeness (QED) is 0.293. The van der Waals surface area contributed by atoms with Crippen LogP contribution in [0.1, 0.15) is 11.1 Å². The van der Waals surface area contributed by atoms with Crippen molar-refractivity contribution in [3.63, 3.8) is 0 Å². The largest absolute Gasteiger partial charge is 0.390 e. The summed E-state index contributed by atoms with van der Waals surface area (Å²) in [5, 5.41) is 4.64. The van der Waals surface area contributed by atoms with Crippen LogP contribution in [-0.2, 0) is 36.8 Å². The van der Waals surface area contributed by atoms with Gasteiger partial charge >= 0.3 is 11.9 Å². The first-order valence-electron chi connectivity index (χ1n) is 9.73. The summed E-state index contributed by atoms with van der Waals surface area (Å²) >= 11 is 0. The van der Waals surface area contributed by atoms with Crippen molar-refractivity contribution in [3.8, 4) is 0 Å². The Balaban J connectivity index is 1.65. The smallest absolute Gasteiger partial charge is 0.333 e. The molecule has 31 heavy (non-hydrogen) atoms. The molecule has 0 spiro atoms. The molecule has 9 nitrogen and oxygen atoms in total.